The lowest BCUT2D eigenvalue weighted by atomic mass is 10.1. The molecule has 0 radical (unpaired) electrons. The van der Waals surface area contributed by atoms with Gasteiger partial charge in [0.15, 0.2) is 0 Å². The number of anilines is 1. The molecule has 0 bridgehead atoms. The maximum Gasteiger partial charge on any atom is 0.251 e. The van der Waals surface area contributed by atoms with Crippen LogP contribution in [0, 0.1) is 6.92 Å². The van der Waals surface area contributed by atoms with Crippen LogP contribution in [-0.2, 0) is 16.0 Å². The maximum absolute atomic E-state index is 12.6. The molecule has 2 N–H and O–H groups in total. The predicted molar refractivity (Wildman–Crippen MR) is 91.9 cm³/mol. The van der Waals surface area contributed by atoms with Gasteiger partial charge in [-0.2, -0.15) is 0 Å². The number of carbonyl (C=O) groups is 2. The van der Waals surface area contributed by atoms with Gasteiger partial charge in [0.25, 0.3) is 5.91 Å². The number of aryl methyl sites for hydroxylation is 1. The summed E-state index contributed by atoms with van der Waals surface area (Å²) in [6.45, 7) is 2.48. The van der Waals surface area contributed by atoms with Gasteiger partial charge in [0.2, 0.25) is 5.91 Å². The van der Waals surface area contributed by atoms with E-state index in [-0.39, 0.29) is 24.0 Å². The zero-order valence-corrected chi connectivity index (χ0v) is 13.5. The van der Waals surface area contributed by atoms with E-state index in [1.807, 2.05) is 37.3 Å². The van der Waals surface area contributed by atoms with Crippen LogP contribution in [0.5, 0.6) is 5.75 Å². The average Bonchev–Trinajstić information content (AvgIpc) is 2.84. The lowest BCUT2D eigenvalue weighted by molar-refractivity contribution is -0.121. The van der Waals surface area contributed by atoms with Crippen LogP contribution < -0.4 is 10.2 Å². The molecule has 0 aliphatic carbocycles. The fourth-order valence-electron chi connectivity index (χ4n) is 2.91. The largest absolute Gasteiger partial charge is 0.508 e. The summed E-state index contributed by atoms with van der Waals surface area (Å²) in [4.78, 5) is 26.1. The number of nitrogens with zero attached hydrogens (tertiary/aromatic N) is 1. The van der Waals surface area contributed by atoms with Crippen molar-refractivity contribution >= 4 is 17.5 Å². The highest BCUT2D eigenvalue weighted by atomic mass is 16.3. The predicted octanol–water partition coefficient (Wildman–Crippen LogP) is 2.16. The maximum atomic E-state index is 12.6. The molecule has 2 amide bonds. The van der Waals surface area contributed by atoms with Crippen LogP contribution in [0.2, 0.25) is 0 Å². The number of hydrogen-bond acceptors (Lipinski definition) is 4. The first-order chi connectivity index (χ1) is 11.6. The van der Waals surface area contributed by atoms with E-state index in [2.05, 4.69) is 5.32 Å². The third-order valence-corrected chi connectivity index (χ3v) is 4.24. The zero-order valence-electron chi connectivity index (χ0n) is 13.5. The van der Waals surface area contributed by atoms with Crippen molar-refractivity contribution in [3.63, 3.8) is 0 Å². The van der Waals surface area contributed by atoms with E-state index in [1.54, 1.807) is 18.2 Å². The van der Waals surface area contributed by atoms with Crippen LogP contribution in [0.15, 0.2) is 48.5 Å². The number of rotatable bonds is 5. The quantitative estimate of drug-likeness (QED) is 0.827. The minimum absolute atomic E-state index is 0.170. The molecule has 24 heavy (non-hydrogen) atoms. The molecule has 5 nitrogen and oxygen atoms in total. The molecule has 2 aromatic carbocycles. The van der Waals surface area contributed by atoms with Crippen molar-refractivity contribution in [2.45, 2.75) is 25.8 Å². The number of phenolic OH excluding ortho intramolecular Hbond substituents is 1. The summed E-state index contributed by atoms with van der Waals surface area (Å²) in [7, 11) is 0. The number of phenols is 1. The number of para-hydroxylation sites is 1. The second kappa shape index (κ2) is 6.84. The fraction of sp³-hybridized carbons (Fsp3) is 0.263. The number of amides is 2. The van der Waals surface area contributed by atoms with Crippen molar-refractivity contribution in [3.05, 3.63) is 59.7 Å². The molecule has 1 atom stereocenters. The summed E-state index contributed by atoms with van der Waals surface area (Å²) in [5, 5.41) is 12.4. The Labute approximate surface area is 140 Å². The molecule has 0 aromatic heterocycles. The summed E-state index contributed by atoms with van der Waals surface area (Å²) in [6, 6.07) is 13.9. The van der Waals surface area contributed by atoms with Gasteiger partial charge in [-0.05, 0) is 49.2 Å². The third-order valence-electron chi connectivity index (χ3n) is 4.24. The lowest BCUT2D eigenvalue weighted by Crippen LogP contribution is -2.39. The highest BCUT2D eigenvalue weighted by Crippen LogP contribution is 2.25. The smallest absolute Gasteiger partial charge is 0.251 e. The van der Waals surface area contributed by atoms with Crippen LogP contribution in [0.3, 0.4) is 0 Å². The van der Waals surface area contributed by atoms with Crippen molar-refractivity contribution in [2.24, 2.45) is 0 Å². The Morgan fingerprint density at radius 2 is 1.83 bits per heavy atom. The van der Waals surface area contributed by atoms with E-state index in [0.29, 0.717) is 12.2 Å². The van der Waals surface area contributed by atoms with Gasteiger partial charge in [0.05, 0.1) is 18.2 Å². The van der Waals surface area contributed by atoms with Gasteiger partial charge in [-0.3, -0.25) is 9.59 Å². The summed E-state index contributed by atoms with van der Waals surface area (Å²) >= 11 is 0. The number of hydrogen-bond donors (Lipinski definition) is 2. The van der Waals surface area contributed by atoms with Gasteiger partial charge < -0.3 is 10.4 Å². The van der Waals surface area contributed by atoms with Crippen molar-refractivity contribution in [1.29, 1.82) is 0 Å². The molecule has 0 saturated carbocycles. The minimum atomic E-state index is -0.478. The highest BCUT2D eigenvalue weighted by Gasteiger charge is 2.39. The molecular formula is C19H20N2O3. The highest BCUT2D eigenvalue weighted by molar-refractivity contribution is 6.22. The third kappa shape index (κ3) is 3.31. The number of imide groups is 1. The van der Waals surface area contributed by atoms with Crippen molar-refractivity contribution in [1.82, 2.24) is 5.32 Å². The van der Waals surface area contributed by atoms with Crippen LogP contribution >= 0.6 is 0 Å². The Hall–Kier alpha value is -2.66. The Bertz CT molecular complexity index is 755. The summed E-state index contributed by atoms with van der Waals surface area (Å²) in [5.41, 5.74) is 2.63. The van der Waals surface area contributed by atoms with E-state index in [0.717, 1.165) is 17.5 Å². The molecule has 1 aliphatic heterocycles. The molecule has 1 heterocycles. The summed E-state index contributed by atoms with van der Waals surface area (Å²) in [6.07, 6.45) is 0.908. The summed E-state index contributed by atoms with van der Waals surface area (Å²) in [5.74, 6) is -0.131. The van der Waals surface area contributed by atoms with Gasteiger partial charge in [-0.25, -0.2) is 4.90 Å². The number of nitrogens with one attached hydrogen (secondary N) is 1. The summed E-state index contributed by atoms with van der Waals surface area (Å²) < 4.78 is 0. The SMILES string of the molecule is Cc1ccccc1N1C(=O)C[C@@H](NCCc2ccc(O)cc2)C1=O. The normalized spacial score (nSPS) is 17.5. The Morgan fingerprint density at radius 1 is 1.12 bits per heavy atom. The van der Waals surface area contributed by atoms with Crippen molar-refractivity contribution in [3.8, 4) is 5.75 Å². The molecule has 0 unspecified atom stereocenters. The standard InChI is InChI=1S/C19H20N2O3/c1-13-4-2-3-5-17(13)21-18(23)12-16(19(21)24)20-11-10-14-6-8-15(22)9-7-14/h2-9,16,20,22H,10-12H2,1H3/t16-/m1/s1. The first kappa shape index (κ1) is 16.2. The first-order valence-corrected chi connectivity index (χ1v) is 8.00. The van der Waals surface area contributed by atoms with Crippen LogP contribution in [-0.4, -0.2) is 29.5 Å². The second-order valence-electron chi connectivity index (χ2n) is 5.98. The molecule has 1 fully saturated rings. The van der Waals surface area contributed by atoms with Gasteiger partial charge in [0.1, 0.15) is 5.75 Å². The molecule has 124 valence electrons. The van der Waals surface area contributed by atoms with Crippen LogP contribution in [0.4, 0.5) is 5.69 Å². The fourth-order valence-corrected chi connectivity index (χ4v) is 2.91. The Balaban J connectivity index is 1.62. The van der Waals surface area contributed by atoms with Gasteiger partial charge in [-0.1, -0.05) is 30.3 Å². The molecule has 3 rings (SSSR count). The van der Waals surface area contributed by atoms with E-state index in [4.69, 9.17) is 0 Å². The lowest BCUT2D eigenvalue weighted by Gasteiger charge is -2.17. The molecule has 1 saturated heterocycles. The molecular weight excluding hydrogens is 304 g/mol. The first-order valence-electron chi connectivity index (χ1n) is 8.00. The van der Waals surface area contributed by atoms with E-state index in [9.17, 15) is 14.7 Å². The van der Waals surface area contributed by atoms with Crippen LogP contribution in [0.1, 0.15) is 17.5 Å². The zero-order chi connectivity index (χ0) is 17.1. The average molecular weight is 324 g/mol. The second-order valence-corrected chi connectivity index (χ2v) is 5.98. The van der Waals surface area contributed by atoms with Gasteiger partial charge in [0, 0.05) is 0 Å². The van der Waals surface area contributed by atoms with E-state index < -0.39 is 6.04 Å². The molecule has 5 heteroatoms. The topological polar surface area (TPSA) is 69.6 Å². The van der Waals surface area contributed by atoms with Gasteiger partial charge >= 0.3 is 0 Å². The van der Waals surface area contributed by atoms with Gasteiger partial charge in [-0.15, -0.1) is 0 Å². The van der Waals surface area contributed by atoms with Crippen molar-refractivity contribution < 1.29 is 14.7 Å². The molecule has 1 aliphatic rings. The number of aromatic hydroxyl groups is 1. The van der Waals surface area contributed by atoms with E-state index in [1.165, 1.54) is 4.90 Å². The Kier molecular flexibility index (Phi) is 4.62. The van der Waals surface area contributed by atoms with E-state index >= 15 is 0 Å². The number of benzene rings is 2. The molecule has 2 aromatic rings. The monoisotopic (exact) mass is 324 g/mol. The van der Waals surface area contributed by atoms with Crippen molar-refractivity contribution in [2.75, 3.05) is 11.4 Å². The number of carbonyl (C=O) groups excluding carboxylic acids is 2. The molecule has 0 spiro atoms. The minimum Gasteiger partial charge on any atom is -0.508 e. The Morgan fingerprint density at radius 3 is 2.54 bits per heavy atom. The van der Waals surface area contributed by atoms with Crippen LogP contribution in [0.25, 0.3) is 0 Å².